The molecule has 21 heavy (non-hydrogen) atoms. The third-order valence-electron chi connectivity index (χ3n) is 2.90. The number of halogens is 1. The summed E-state index contributed by atoms with van der Waals surface area (Å²) in [7, 11) is -3.97. The first-order chi connectivity index (χ1) is 9.70. The number of nitrogens with zero attached hydrogens (tertiary/aromatic N) is 1. The second-order valence-electron chi connectivity index (χ2n) is 4.86. The Kier molecular flexibility index (Phi) is 5.86. The van der Waals surface area contributed by atoms with Crippen molar-refractivity contribution in [1.82, 2.24) is 4.31 Å². The molecule has 0 aliphatic heterocycles. The van der Waals surface area contributed by atoms with E-state index in [1.54, 1.807) is 27.7 Å². The van der Waals surface area contributed by atoms with E-state index in [2.05, 4.69) is 0 Å². The first-order valence-electron chi connectivity index (χ1n) is 6.63. The van der Waals surface area contributed by atoms with Crippen LogP contribution in [0.1, 0.15) is 26.3 Å². The quantitative estimate of drug-likeness (QED) is 0.754. The molecule has 5 nitrogen and oxygen atoms in total. The number of sulfonamides is 1. The predicted octanol–water partition coefficient (Wildman–Crippen LogP) is 2.10. The number of rotatable bonds is 6. The summed E-state index contributed by atoms with van der Waals surface area (Å²) in [6.07, 6.45) is 0. The van der Waals surface area contributed by atoms with Gasteiger partial charge in [0.1, 0.15) is 12.4 Å². The van der Waals surface area contributed by atoms with Crippen LogP contribution in [0.2, 0.25) is 0 Å². The maximum absolute atomic E-state index is 13.4. The summed E-state index contributed by atoms with van der Waals surface area (Å²) >= 11 is 0. The highest BCUT2D eigenvalue weighted by Gasteiger charge is 2.31. The number of carbonyl (C=O) groups excluding carboxylic acids is 1. The smallest absolute Gasteiger partial charge is 0.321 e. The van der Waals surface area contributed by atoms with E-state index < -0.39 is 34.4 Å². The van der Waals surface area contributed by atoms with Crippen molar-refractivity contribution >= 4 is 16.0 Å². The highest BCUT2D eigenvalue weighted by molar-refractivity contribution is 7.89. The third-order valence-corrected chi connectivity index (χ3v) is 5.07. The van der Waals surface area contributed by atoms with Gasteiger partial charge in [0.2, 0.25) is 10.0 Å². The molecule has 1 rings (SSSR count). The molecule has 0 atom stereocenters. The minimum absolute atomic E-state index is 0.138. The molecule has 0 N–H and O–H groups in total. The molecule has 7 heteroatoms. The summed E-state index contributed by atoms with van der Waals surface area (Å²) in [5.74, 6) is -1.28. The van der Waals surface area contributed by atoms with Crippen molar-refractivity contribution < 1.29 is 22.3 Å². The van der Waals surface area contributed by atoms with E-state index in [-0.39, 0.29) is 11.5 Å². The molecule has 0 fully saturated rings. The largest absolute Gasteiger partial charge is 0.465 e. The van der Waals surface area contributed by atoms with Crippen LogP contribution < -0.4 is 0 Å². The summed E-state index contributed by atoms with van der Waals surface area (Å²) in [5.41, 5.74) is 0.422. The monoisotopic (exact) mass is 317 g/mol. The van der Waals surface area contributed by atoms with Crippen LogP contribution in [0.4, 0.5) is 4.39 Å². The van der Waals surface area contributed by atoms with Crippen molar-refractivity contribution in [3.05, 3.63) is 29.6 Å². The fraction of sp³-hybridized carbons (Fsp3) is 0.500. The van der Waals surface area contributed by atoms with E-state index in [9.17, 15) is 17.6 Å². The van der Waals surface area contributed by atoms with E-state index in [1.807, 2.05) is 0 Å². The topological polar surface area (TPSA) is 63.7 Å². The second-order valence-corrected chi connectivity index (χ2v) is 6.72. The van der Waals surface area contributed by atoms with E-state index in [1.165, 1.54) is 12.1 Å². The lowest BCUT2D eigenvalue weighted by atomic mass is 10.2. The third kappa shape index (κ3) is 4.25. The van der Waals surface area contributed by atoms with Gasteiger partial charge in [0.05, 0.1) is 11.5 Å². The molecule has 0 aromatic heterocycles. The van der Waals surface area contributed by atoms with Crippen molar-refractivity contribution in [3.8, 4) is 0 Å². The molecule has 1 aromatic rings. The molecule has 0 saturated carbocycles. The number of benzene rings is 1. The first kappa shape index (κ1) is 17.6. The summed E-state index contributed by atoms with van der Waals surface area (Å²) in [6, 6.07) is 3.09. The molecule has 0 saturated heterocycles. The SMILES string of the molecule is CCOC(=O)CN(C(C)C)S(=O)(=O)c1cc(F)ccc1C. The lowest BCUT2D eigenvalue weighted by molar-refractivity contribution is -0.143. The maximum atomic E-state index is 13.4. The van der Waals surface area contributed by atoms with E-state index in [4.69, 9.17) is 4.74 Å². The van der Waals surface area contributed by atoms with Crippen LogP contribution in [0.5, 0.6) is 0 Å². The second kappa shape index (κ2) is 7.00. The Morgan fingerprint density at radius 1 is 1.38 bits per heavy atom. The highest BCUT2D eigenvalue weighted by Crippen LogP contribution is 2.22. The van der Waals surface area contributed by atoms with Crippen LogP contribution in [-0.2, 0) is 19.6 Å². The Bertz CT molecular complexity index is 613. The van der Waals surface area contributed by atoms with Crippen molar-refractivity contribution in [2.24, 2.45) is 0 Å². The summed E-state index contributed by atoms with van der Waals surface area (Å²) in [5, 5.41) is 0. The molecule has 0 bridgehead atoms. The van der Waals surface area contributed by atoms with Gasteiger partial charge in [-0.25, -0.2) is 12.8 Å². The van der Waals surface area contributed by atoms with Gasteiger partial charge >= 0.3 is 5.97 Å². The number of ether oxygens (including phenoxy) is 1. The van der Waals surface area contributed by atoms with E-state index in [0.717, 1.165) is 10.4 Å². The summed E-state index contributed by atoms with van der Waals surface area (Å²) < 4.78 is 44.4. The van der Waals surface area contributed by atoms with Crippen LogP contribution in [0.3, 0.4) is 0 Å². The van der Waals surface area contributed by atoms with Crippen LogP contribution in [-0.4, -0.2) is 37.9 Å². The van der Waals surface area contributed by atoms with Crippen molar-refractivity contribution in [3.63, 3.8) is 0 Å². The molecule has 0 radical (unpaired) electrons. The van der Waals surface area contributed by atoms with Crippen molar-refractivity contribution in [2.45, 2.75) is 38.6 Å². The Morgan fingerprint density at radius 3 is 2.52 bits per heavy atom. The normalized spacial score (nSPS) is 12.0. The van der Waals surface area contributed by atoms with E-state index in [0.29, 0.717) is 5.56 Å². The zero-order valence-electron chi connectivity index (χ0n) is 12.6. The number of hydrogen-bond acceptors (Lipinski definition) is 4. The van der Waals surface area contributed by atoms with Crippen LogP contribution >= 0.6 is 0 Å². The predicted molar refractivity (Wildman–Crippen MR) is 76.8 cm³/mol. The van der Waals surface area contributed by atoms with Gasteiger partial charge in [-0.1, -0.05) is 6.07 Å². The molecule has 0 amide bonds. The van der Waals surface area contributed by atoms with Gasteiger partial charge in [-0.2, -0.15) is 4.31 Å². The fourth-order valence-corrected chi connectivity index (χ4v) is 3.68. The van der Waals surface area contributed by atoms with Crippen LogP contribution in [0.15, 0.2) is 23.1 Å². The van der Waals surface area contributed by atoms with Crippen molar-refractivity contribution in [1.29, 1.82) is 0 Å². The summed E-state index contributed by atoms with van der Waals surface area (Å²) in [6.45, 7) is 6.28. The Hall–Kier alpha value is -1.47. The lowest BCUT2D eigenvalue weighted by Gasteiger charge is -2.25. The van der Waals surface area contributed by atoms with E-state index >= 15 is 0 Å². The molecule has 0 spiro atoms. The first-order valence-corrected chi connectivity index (χ1v) is 8.07. The van der Waals surface area contributed by atoms with Gasteiger partial charge < -0.3 is 4.74 Å². The Balaban J connectivity index is 3.22. The zero-order chi connectivity index (χ0) is 16.2. The lowest BCUT2D eigenvalue weighted by Crippen LogP contribution is -2.41. The summed E-state index contributed by atoms with van der Waals surface area (Å²) in [4.78, 5) is 11.4. The van der Waals surface area contributed by atoms with Gasteiger partial charge in [0.15, 0.2) is 0 Å². The van der Waals surface area contributed by atoms with Crippen LogP contribution in [0.25, 0.3) is 0 Å². The average Bonchev–Trinajstić information content (AvgIpc) is 2.38. The van der Waals surface area contributed by atoms with Gasteiger partial charge in [0.25, 0.3) is 0 Å². The number of carbonyl (C=O) groups is 1. The average molecular weight is 317 g/mol. The molecular weight excluding hydrogens is 297 g/mol. The Morgan fingerprint density at radius 2 is 2.00 bits per heavy atom. The standard InChI is InChI=1S/C14H20FNO4S/c1-5-20-14(17)9-16(10(2)3)21(18,19)13-8-12(15)7-6-11(13)4/h6-8,10H,5,9H2,1-4H3. The molecule has 0 heterocycles. The number of hydrogen-bond donors (Lipinski definition) is 0. The van der Waals surface area contributed by atoms with Gasteiger partial charge in [-0.15, -0.1) is 0 Å². The maximum Gasteiger partial charge on any atom is 0.321 e. The van der Waals surface area contributed by atoms with Gasteiger partial charge in [-0.05, 0) is 45.4 Å². The number of esters is 1. The van der Waals surface area contributed by atoms with Crippen LogP contribution in [0, 0.1) is 12.7 Å². The van der Waals surface area contributed by atoms with Gasteiger partial charge in [-0.3, -0.25) is 4.79 Å². The Labute approximate surface area is 124 Å². The zero-order valence-corrected chi connectivity index (χ0v) is 13.4. The molecule has 118 valence electrons. The fourth-order valence-electron chi connectivity index (χ4n) is 1.86. The van der Waals surface area contributed by atoms with Gasteiger partial charge in [0, 0.05) is 6.04 Å². The molecule has 0 aliphatic rings. The molecular formula is C14H20FNO4S. The number of aryl methyl sites for hydroxylation is 1. The minimum Gasteiger partial charge on any atom is -0.465 e. The highest BCUT2D eigenvalue weighted by atomic mass is 32.2. The minimum atomic E-state index is -3.97. The molecule has 1 aromatic carbocycles. The molecule has 0 aliphatic carbocycles. The van der Waals surface area contributed by atoms with Crippen molar-refractivity contribution in [2.75, 3.05) is 13.2 Å². The molecule has 0 unspecified atom stereocenters.